The number of nitrogens with zero attached hydrogens (tertiary/aromatic N) is 1. The van der Waals surface area contributed by atoms with E-state index in [4.69, 9.17) is 9.47 Å². The molecule has 1 atom stereocenters. The maximum absolute atomic E-state index is 13.2. The summed E-state index contributed by atoms with van der Waals surface area (Å²) in [6.45, 7) is 9.67. The minimum absolute atomic E-state index is 0.0356. The monoisotopic (exact) mass is 440 g/mol. The highest BCUT2D eigenvalue weighted by Crippen LogP contribution is 2.29. The van der Waals surface area contributed by atoms with Crippen molar-refractivity contribution in [2.24, 2.45) is 0 Å². The van der Waals surface area contributed by atoms with E-state index in [0.29, 0.717) is 57.1 Å². The lowest BCUT2D eigenvalue weighted by Gasteiger charge is -2.28. The number of hydrogen-bond acceptors (Lipinski definition) is 4. The Balaban J connectivity index is 2.09. The van der Waals surface area contributed by atoms with Gasteiger partial charge in [0.1, 0.15) is 6.04 Å². The average molecular weight is 441 g/mol. The van der Waals surface area contributed by atoms with E-state index >= 15 is 0 Å². The summed E-state index contributed by atoms with van der Waals surface area (Å²) in [4.78, 5) is 27.3. The third-order valence-electron chi connectivity index (χ3n) is 5.24. The molecule has 6 heteroatoms. The van der Waals surface area contributed by atoms with E-state index in [1.54, 1.807) is 11.8 Å². The minimum atomic E-state index is -0.523. The smallest absolute Gasteiger partial charge is 0.242 e. The fourth-order valence-corrected chi connectivity index (χ4v) is 3.54. The molecule has 0 radical (unpaired) electrons. The molecule has 0 heterocycles. The third kappa shape index (κ3) is 7.59. The van der Waals surface area contributed by atoms with Crippen molar-refractivity contribution >= 4 is 11.8 Å². The van der Waals surface area contributed by atoms with Crippen LogP contribution in [0.25, 0.3) is 0 Å². The number of ether oxygens (including phenoxy) is 2. The van der Waals surface area contributed by atoms with Crippen molar-refractivity contribution in [2.75, 3.05) is 26.3 Å². The van der Waals surface area contributed by atoms with Crippen LogP contribution in [-0.4, -0.2) is 49.1 Å². The lowest BCUT2D eigenvalue weighted by atomic mass is 10.1. The predicted octanol–water partition coefficient (Wildman–Crippen LogP) is 4.01. The van der Waals surface area contributed by atoms with Crippen LogP contribution in [0.1, 0.15) is 45.2 Å². The van der Waals surface area contributed by atoms with Crippen LogP contribution >= 0.6 is 0 Å². The number of benzene rings is 2. The largest absolute Gasteiger partial charge is 0.490 e. The molecule has 2 aromatic carbocycles. The molecule has 2 rings (SSSR count). The van der Waals surface area contributed by atoms with Crippen molar-refractivity contribution in [3.05, 3.63) is 59.7 Å². The Labute approximate surface area is 191 Å². The average Bonchev–Trinajstić information content (AvgIpc) is 2.80. The number of carbonyl (C=O) groups excluding carboxylic acids is 2. The van der Waals surface area contributed by atoms with E-state index in [1.807, 2.05) is 69.3 Å². The van der Waals surface area contributed by atoms with Gasteiger partial charge in [0.05, 0.1) is 13.2 Å². The van der Waals surface area contributed by atoms with Crippen LogP contribution in [0.3, 0.4) is 0 Å². The van der Waals surface area contributed by atoms with Gasteiger partial charge in [-0.2, -0.15) is 0 Å². The van der Waals surface area contributed by atoms with Gasteiger partial charge in [-0.1, -0.05) is 36.4 Å². The van der Waals surface area contributed by atoms with Crippen molar-refractivity contribution in [2.45, 2.75) is 53.0 Å². The zero-order chi connectivity index (χ0) is 23.3. The molecule has 0 aliphatic carbocycles. The zero-order valence-corrected chi connectivity index (χ0v) is 19.7. The van der Waals surface area contributed by atoms with Gasteiger partial charge in [-0.05, 0) is 63.8 Å². The van der Waals surface area contributed by atoms with Gasteiger partial charge >= 0.3 is 0 Å². The first-order chi connectivity index (χ1) is 15.5. The number of amides is 2. The first-order valence-corrected chi connectivity index (χ1v) is 11.5. The third-order valence-corrected chi connectivity index (χ3v) is 5.24. The molecule has 174 valence electrons. The maximum Gasteiger partial charge on any atom is 0.242 e. The summed E-state index contributed by atoms with van der Waals surface area (Å²) < 4.78 is 11.3. The van der Waals surface area contributed by atoms with Gasteiger partial charge in [0, 0.05) is 19.5 Å². The Morgan fingerprint density at radius 3 is 2.25 bits per heavy atom. The van der Waals surface area contributed by atoms with Gasteiger partial charge in [0.25, 0.3) is 0 Å². The van der Waals surface area contributed by atoms with E-state index in [0.717, 1.165) is 11.1 Å². The van der Waals surface area contributed by atoms with Crippen LogP contribution in [0.5, 0.6) is 11.5 Å². The number of carbonyl (C=O) groups is 2. The topological polar surface area (TPSA) is 67.9 Å². The van der Waals surface area contributed by atoms with Crippen molar-refractivity contribution in [3.8, 4) is 11.5 Å². The summed E-state index contributed by atoms with van der Waals surface area (Å²) in [6.07, 6.45) is 1.58. The number of hydrogen-bond donors (Lipinski definition) is 1. The Hall–Kier alpha value is -3.02. The zero-order valence-electron chi connectivity index (χ0n) is 19.7. The number of rotatable bonds is 13. The first-order valence-electron chi connectivity index (χ1n) is 11.5. The fourth-order valence-electron chi connectivity index (χ4n) is 3.54. The lowest BCUT2D eigenvalue weighted by Crippen LogP contribution is -2.48. The highest BCUT2D eigenvalue weighted by atomic mass is 16.5. The van der Waals surface area contributed by atoms with Crippen LogP contribution < -0.4 is 14.8 Å². The maximum atomic E-state index is 13.2. The molecule has 1 N–H and O–H groups in total. The molecule has 0 bridgehead atoms. The van der Waals surface area contributed by atoms with Gasteiger partial charge in [-0.3, -0.25) is 9.59 Å². The second-order valence-corrected chi connectivity index (χ2v) is 7.54. The van der Waals surface area contributed by atoms with E-state index < -0.39 is 6.04 Å². The highest BCUT2D eigenvalue weighted by molar-refractivity contribution is 5.87. The quantitative estimate of drug-likeness (QED) is 0.511. The number of likely N-dealkylation sites (N-methyl/N-ethyl adjacent to an activating group) is 1. The van der Waals surface area contributed by atoms with Gasteiger partial charge < -0.3 is 19.7 Å². The summed E-state index contributed by atoms with van der Waals surface area (Å²) in [5.74, 6) is 1.23. The van der Waals surface area contributed by atoms with Crippen LogP contribution in [0.2, 0.25) is 0 Å². The number of aryl methyl sites for hydroxylation is 1. The molecule has 32 heavy (non-hydrogen) atoms. The summed E-state index contributed by atoms with van der Waals surface area (Å²) in [5, 5.41) is 2.83. The van der Waals surface area contributed by atoms with Crippen LogP contribution in [0.4, 0.5) is 0 Å². The Kier molecular flexibility index (Phi) is 10.6. The molecule has 1 unspecified atom stereocenters. The second-order valence-electron chi connectivity index (χ2n) is 7.54. The van der Waals surface area contributed by atoms with E-state index in [2.05, 4.69) is 5.32 Å². The fraction of sp³-hybridized carbons (Fsp3) is 0.462. The minimum Gasteiger partial charge on any atom is -0.490 e. The number of nitrogens with one attached hydrogen (secondary N) is 1. The molecule has 0 aliphatic heterocycles. The van der Waals surface area contributed by atoms with Gasteiger partial charge in [0.15, 0.2) is 11.5 Å². The van der Waals surface area contributed by atoms with Crippen molar-refractivity contribution < 1.29 is 19.1 Å². The molecular formula is C26H36N2O4. The first kappa shape index (κ1) is 25.2. The lowest BCUT2D eigenvalue weighted by molar-refractivity contribution is -0.139. The van der Waals surface area contributed by atoms with Gasteiger partial charge in [0.2, 0.25) is 11.8 Å². The summed E-state index contributed by atoms with van der Waals surface area (Å²) in [5.41, 5.74) is 2.14. The van der Waals surface area contributed by atoms with Crippen LogP contribution in [0.15, 0.2) is 48.5 Å². The van der Waals surface area contributed by atoms with Crippen molar-refractivity contribution in [3.63, 3.8) is 0 Å². The SMILES string of the molecule is CCNC(=O)C(C)N(CCc1ccccc1)C(=O)CCc1ccc(OCC)c(OCC)c1. The van der Waals surface area contributed by atoms with E-state index in [-0.39, 0.29) is 11.8 Å². The summed E-state index contributed by atoms with van der Waals surface area (Å²) >= 11 is 0. The summed E-state index contributed by atoms with van der Waals surface area (Å²) in [7, 11) is 0. The van der Waals surface area contributed by atoms with Gasteiger partial charge in [-0.25, -0.2) is 0 Å². The Bertz CT molecular complexity index is 854. The molecule has 2 aromatic rings. The van der Waals surface area contributed by atoms with Crippen LogP contribution in [0, 0.1) is 0 Å². The molecule has 6 nitrogen and oxygen atoms in total. The normalized spacial score (nSPS) is 11.5. The molecule has 0 aliphatic rings. The molecule has 0 fully saturated rings. The Morgan fingerprint density at radius 2 is 1.59 bits per heavy atom. The second kappa shape index (κ2) is 13.4. The predicted molar refractivity (Wildman–Crippen MR) is 127 cm³/mol. The van der Waals surface area contributed by atoms with Crippen molar-refractivity contribution in [1.82, 2.24) is 10.2 Å². The molecule has 0 saturated carbocycles. The molecule has 0 aromatic heterocycles. The molecular weight excluding hydrogens is 404 g/mol. The van der Waals surface area contributed by atoms with Crippen LogP contribution in [-0.2, 0) is 22.4 Å². The highest BCUT2D eigenvalue weighted by Gasteiger charge is 2.25. The summed E-state index contributed by atoms with van der Waals surface area (Å²) in [6, 6.07) is 15.3. The van der Waals surface area contributed by atoms with E-state index in [9.17, 15) is 9.59 Å². The molecule has 0 saturated heterocycles. The molecule has 2 amide bonds. The standard InChI is InChI=1S/C26H36N2O4/c1-5-27-26(30)20(4)28(18-17-21-11-9-8-10-12-21)25(29)16-14-22-13-15-23(31-6-2)24(19-22)32-7-3/h8-13,15,19-20H,5-7,14,16-18H2,1-4H3,(H,27,30). The van der Waals surface area contributed by atoms with Crippen molar-refractivity contribution in [1.29, 1.82) is 0 Å². The van der Waals surface area contributed by atoms with Gasteiger partial charge in [-0.15, -0.1) is 0 Å². The molecule has 0 spiro atoms. The van der Waals surface area contributed by atoms with E-state index in [1.165, 1.54) is 0 Å². The Morgan fingerprint density at radius 1 is 0.906 bits per heavy atom.